The second kappa shape index (κ2) is 7.99. The lowest BCUT2D eigenvalue weighted by molar-refractivity contribution is -0.118. The maximum Gasteiger partial charge on any atom is 0.217 e. The summed E-state index contributed by atoms with van der Waals surface area (Å²) < 4.78 is 0. The number of carbonyl (C=O) groups excluding carboxylic acids is 1. The molecule has 1 aromatic rings. The van der Waals surface area contributed by atoms with Gasteiger partial charge in [-0.1, -0.05) is 35.9 Å². The molecule has 0 radical (unpaired) electrons. The minimum atomic E-state index is -0.218. The number of benzene rings is 1. The van der Waals surface area contributed by atoms with Gasteiger partial charge >= 0.3 is 0 Å². The lowest BCUT2D eigenvalue weighted by Gasteiger charge is -2.22. The van der Waals surface area contributed by atoms with Crippen LogP contribution in [0.15, 0.2) is 29.8 Å². The summed E-state index contributed by atoms with van der Waals surface area (Å²) in [5.41, 5.74) is 15.0. The third-order valence-electron chi connectivity index (χ3n) is 4.32. The number of hydrogen-bond acceptors (Lipinski definition) is 2. The molecule has 0 aromatic heterocycles. The molecule has 0 atom stereocenters. The summed E-state index contributed by atoms with van der Waals surface area (Å²) >= 11 is 0. The molecule has 0 aliphatic heterocycles. The normalized spacial score (nSPS) is 18.5. The van der Waals surface area contributed by atoms with Gasteiger partial charge in [-0.3, -0.25) is 4.79 Å². The van der Waals surface area contributed by atoms with Gasteiger partial charge in [-0.05, 0) is 62.1 Å². The lowest BCUT2D eigenvalue weighted by atomic mass is 9.85. The van der Waals surface area contributed by atoms with E-state index in [0.717, 1.165) is 25.3 Å². The number of primary amides is 1. The first kappa shape index (κ1) is 15.8. The van der Waals surface area contributed by atoms with Crippen molar-refractivity contribution in [1.29, 1.82) is 0 Å². The number of hydrogen-bond donors (Lipinski definition) is 2. The molecule has 0 saturated heterocycles. The molecule has 0 heterocycles. The van der Waals surface area contributed by atoms with Crippen LogP contribution in [0.3, 0.4) is 0 Å². The van der Waals surface area contributed by atoms with Crippen molar-refractivity contribution in [2.75, 3.05) is 6.54 Å². The van der Waals surface area contributed by atoms with Crippen LogP contribution in [-0.4, -0.2) is 12.5 Å². The van der Waals surface area contributed by atoms with E-state index < -0.39 is 0 Å². The smallest absolute Gasteiger partial charge is 0.217 e. The predicted octanol–water partition coefficient (Wildman–Crippen LogP) is 3.03. The third-order valence-corrected chi connectivity index (χ3v) is 4.32. The Labute approximate surface area is 127 Å². The molecule has 3 nitrogen and oxygen atoms in total. The molecular weight excluding hydrogens is 260 g/mol. The highest BCUT2D eigenvalue weighted by atomic mass is 16.1. The highest BCUT2D eigenvalue weighted by Gasteiger charge is 2.14. The Hall–Kier alpha value is -1.61. The predicted molar refractivity (Wildman–Crippen MR) is 87.6 cm³/mol. The summed E-state index contributed by atoms with van der Waals surface area (Å²) in [6.07, 6.45) is 9.35. The van der Waals surface area contributed by atoms with E-state index in [1.165, 1.54) is 36.8 Å². The molecule has 1 fully saturated rings. The Morgan fingerprint density at radius 3 is 2.43 bits per heavy atom. The van der Waals surface area contributed by atoms with Gasteiger partial charge in [-0.2, -0.15) is 0 Å². The standard InChI is InChI=1S/C18H26N2O/c19-13-17-10-8-16(9-11-17)12-15-6-4-14(5-7-15)2-1-3-18(20)21/h4-7,12,17H,1-3,8-11,13,19H2,(H2,20,21). The first-order chi connectivity index (χ1) is 10.2. The molecular formula is C18H26N2O. The molecule has 21 heavy (non-hydrogen) atoms. The zero-order chi connectivity index (χ0) is 15.1. The number of amides is 1. The second-order valence-electron chi connectivity index (χ2n) is 6.04. The Balaban J connectivity index is 1.86. The molecule has 1 aliphatic carbocycles. The molecule has 1 saturated carbocycles. The zero-order valence-corrected chi connectivity index (χ0v) is 12.7. The first-order valence-electron chi connectivity index (χ1n) is 7.94. The maximum atomic E-state index is 10.7. The van der Waals surface area contributed by atoms with Gasteiger partial charge in [-0.15, -0.1) is 0 Å². The number of aryl methyl sites for hydroxylation is 1. The van der Waals surface area contributed by atoms with E-state index in [2.05, 4.69) is 30.3 Å². The van der Waals surface area contributed by atoms with Crippen molar-refractivity contribution in [2.24, 2.45) is 17.4 Å². The summed E-state index contributed by atoms with van der Waals surface area (Å²) in [7, 11) is 0. The molecule has 0 spiro atoms. The van der Waals surface area contributed by atoms with Gasteiger partial charge in [0.15, 0.2) is 0 Å². The summed E-state index contributed by atoms with van der Waals surface area (Å²) in [5, 5.41) is 0. The number of allylic oxidation sites excluding steroid dienone is 1. The molecule has 0 unspecified atom stereocenters. The minimum Gasteiger partial charge on any atom is -0.370 e. The molecule has 1 amide bonds. The van der Waals surface area contributed by atoms with Crippen molar-refractivity contribution >= 4 is 12.0 Å². The monoisotopic (exact) mass is 286 g/mol. The van der Waals surface area contributed by atoms with Gasteiger partial charge in [0, 0.05) is 6.42 Å². The summed E-state index contributed by atoms with van der Waals surface area (Å²) in [6, 6.07) is 8.64. The topological polar surface area (TPSA) is 69.1 Å². The van der Waals surface area contributed by atoms with E-state index in [4.69, 9.17) is 11.5 Å². The lowest BCUT2D eigenvalue weighted by Crippen LogP contribution is -2.17. The fourth-order valence-electron chi connectivity index (χ4n) is 2.91. The van der Waals surface area contributed by atoms with Crippen molar-refractivity contribution in [3.05, 3.63) is 41.0 Å². The van der Waals surface area contributed by atoms with Gasteiger partial charge in [0.05, 0.1) is 0 Å². The van der Waals surface area contributed by atoms with E-state index >= 15 is 0 Å². The molecule has 2 rings (SSSR count). The van der Waals surface area contributed by atoms with E-state index in [0.29, 0.717) is 6.42 Å². The van der Waals surface area contributed by atoms with Crippen molar-refractivity contribution in [2.45, 2.75) is 44.9 Å². The van der Waals surface area contributed by atoms with Crippen LogP contribution in [0.5, 0.6) is 0 Å². The van der Waals surface area contributed by atoms with Crippen molar-refractivity contribution in [3.63, 3.8) is 0 Å². The average Bonchev–Trinajstić information content (AvgIpc) is 2.49. The van der Waals surface area contributed by atoms with E-state index in [-0.39, 0.29) is 5.91 Å². The van der Waals surface area contributed by atoms with Gasteiger partial charge in [0.25, 0.3) is 0 Å². The largest absolute Gasteiger partial charge is 0.370 e. The van der Waals surface area contributed by atoms with Crippen molar-refractivity contribution < 1.29 is 4.79 Å². The van der Waals surface area contributed by atoms with Crippen molar-refractivity contribution in [1.82, 2.24) is 0 Å². The van der Waals surface area contributed by atoms with Crippen LogP contribution in [0.25, 0.3) is 6.08 Å². The SMILES string of the molecule is NCC1CCC(=Cc2ccc(CCCC(N)=O)cc2)CC1. The van der Waals surface area contributed by atoms with E-state index in [1.54, 1.807) is 5.57 Å². The van der Waals surface area contributed by atoms with Crippen LogP contribution in [0.2, 0.25) is 0 Å². The van der Waals surface area contributed by atoms with Crippen LogP contribution in [0.4, 0.5) is 0 Å². The van der Waals surface area contributed by atoms with Crippen LogP contribution in [0, 0.1) is 5.92 Å². The fourth-order valence-corrected chi connectivity index (χ4v) is 2.91. The molecule has 1 aliphatic rings. The molecule has 1 aromatic carbocycles. The van der Waals surface area contributed by atoms with Crippen LogP contribution >= 0.6 is 0 Å². The summed E-state index contributed by atoms with van der Waals surface area (Å²) in [5.74, 6) is 0.499. The van der Waals surface area contributed by atoms with Gasteiger partial charge < -0.3 is 11.5 Å². The van der Waals surface area contributed by atoms with Crippen molar-refractivity contribution in [3.8, 4) is 0 Å². The summed E-state index contributed by atoms with van der Waals surface area (Å²) in [6.45, 7) is 0.827. The quantitative estimate of drug-likeness (QED) is 0.844. The van der Waals surface area contributed by atoms with Gasteiger partial charge in [0.2, 0.25) is 5.91 Å². The zero-order valence-electron chi connectivity index (χ0n) is 12.7. The van der Waals surface area contributed by atoms with Crippen LogP contribution in [-0.2, 0) is 11.2 Å². The maximum absolute atomic E-state index is 10.7. The summed E-state index contributed by atoms with van der Waals surface area (Å²) in [4.78, 5) is 10.7. The number of nitrogens with two attached hydrogens (primary N) is 2. The Morgan fingerprint density at radius 2 is 1.86 bits per heavy atom. The molecule has 3 heteroatoms. The van der Waals surface area contributed by atoms with Gasteiger partial charge in [-0.25, -0.2) is 0 Å². The highest BCUT2D eigenvalue weighted by Crippen LogP contribution is 2.28. The Bertz CT molecular complexity index is 480. The molecule has 114 valence electrons. The third kappa shape index (κ3) is 5.35. The fraction of sp³-hybridized carbons (Fsp3) is 0.500. The number of rotatable bonds is 6. The minimum absolute atomic E-state index is 0.218. The molecule has 4 N–H and O–H groups in total. The van der Waals surface area contributed by atoms with Crippen LogP contribution < -0.4 is 11.5 Å². The number of carbonyl (C=O) groups is 1. The first-order valence-corrected chi connectivity index (χ1v) is 7.94. The average molecular weight is 286 g/mol. The highest BCUT2D eigenvalue weighted by molar-refractivity contribution is 5.73. The van der Waals surface area contributed by atoms with E-state index in [9.17, 15) is 4.79 Å². The Kier molecular flexibility index (Phi) is 6.00. The molecule has 0 bridgehead atoms. The van der Waals surface area contributed by atoms with E-state index in [1.807, 2.05) is 0 Å². The van der Waals surface area contributed by atoms with Gasteiger partial charge in [0.1, 0.15) is 0 Å². The van der Waals surface area contributed by atoms with Crippen LogP contribution in [0.1, 0.15) is 49.7 Å². The Morgan fingerprint density at radius 1 is 1.19 bits per heavy atom. The second-order valence-corrected chi connectivity index (χ2v) is 6.04.